The van der Waals surface area contributed by atoms with E-state index in [0.717, 1.165) is 16.7 Å². The van der Waals surface area contributed by atoms with Crippen LogP contribution in [0.25, 0.3) is 6.08 Å². The molecule has 13 heteroatoms. The van der Waals surface area contributed by atoms with Gasteiger partial charge in [0.2, 0.25) is 5.91 Å². The van der Waals surface area contributed by atoms with Crippen molar-refractivity contribution in [3.05, 3.63) is 57.2 Å². The van der Waals surface area contributed by atoms with Crippen LogP contribution in [0, 0.1) is 5.82 Å². The van der Waals surface area contributed by atoms with Crippen LogP contribution in [0.4, 0.5) is 14.9 Å². The summed E-state index contributed by atoms with van der Waals surface area (Å²) >= 11 is 4.17. The summed E-state index contributed by atoms with van der Waals surface area (Å²) in [5, 5.41) is 2.09. The van der Waals surface area contributed by atoms with E-state index < -0.39 is 22.9 Å². The highest BCUT2D eigenvalue weighted by atomic mass is 79.9. The van der Waals surface area contributed by atoms with E-state index in [-0.39, 0.29) is 29.7 Å². The van der Waals surface area contributed by atoms with E-state index in [1.54, 1.807) is 24.0 Å². The van der Waals surface area contributed by atoms with Gasteiger partial charge in [-0.1, -0.05) is 0 Å². The molecule has 0 saturated carbocycles. The molecule has 39 heavy (non-hydrogen) atoms. The summed E-state index contributed by atoms with van der Waals surface area (Å²) in [6.45, 7) is 3.08. The summed E-state index contributed by atoms with van der Waals surface area (Å²) in [5.74, 6) is -1.16. The normalized spacial score (nSPS) is 16.5. The molecule has 10 nitrogen and oxygen atoms in total. The number of carbonyl (C=O) groups is 4. The summed E-state index contributed by atoms with van der Waals surface area (Å²) in [5.41, 5.74) is 0.962. The van der Waals surface area contributed by atoms with Crippen LogP contribution >= 0.6 is 27.7 Å². The minimum atomic E-state index is -0.557. The van der Waals surface area contributed by atoms with Gasteiger partial charge in [-0.25, -0.2) is 4.39 Å². The average Bonchev–Trinajstić information content (AvgIpc) is 3.17. The van der Waals surface area contributed by atoms with E-state index in [1.807, 2.05) is 0 Å². The number of amides is 4. The number of ether oxygens (including phenoxy) is 3. The van der Waals surface area contributed by atoms with Gasteiger partial charge in [-0.2, -0.15) is 0 Å². The summed E-state index contributed by atoms with van der Waals surface area (Å²) in [6, 6.07) is 8.61. The quantitative estimate of drug-likeness (QED) is 0.419. The SMILES string of the molecule is CCOc1cc(/C=C2/SC(=O)N(CC(=O)N3CCOCC3)C2=O)cc(Br)c1OCC(=O)Nc1ccc(F)cc1. The molecule has 1 N–H and O–H groups in total. The van der Waals surface area contributed by atoms with Gasteiger partial charge in [0.25, 0.3) is 17.1 Å². The van der Waals surface area contributed by atoms with Gasteiger partial charge >= 0.3 is 0 Å². The number of nitrogens with one attached hydrogen (secondary N) is 1. The molecule has 0 bridgehead atoms. The molecule has 0 atom stereocenters. The smallest absolute Gasteiger partial charge is 0.294 e. The maximum absolute atomic E-state index is 13.1. The molecule has 4 amide bonds. The Kier molecular flexibility index (Phi) is 9.59. The molecule has 2 fully saturated rings. The number of imide groups is 1. The fourth-order valence-electron chi connectivity index (χ4n) is 3.78. The molecule has 2 aromatic rings. The molecule has 0 unspecified atom stereocenters. The molecular formula is C26H25BrFN3O7S. The van der Waals surface area contributed by atoms with E-state index in [2.05, 4.69) is 21.2 Å². The lowest BCUT2D eigenvalue weighted by atomic mass is 10.2. The van der Waals surface area contributed by atoms with Crippen molar-refractivity contribution >= 4 is 62.4 Å². The summed E-state index contributed by atoms with van der Waals surface area (Å²) in [4.78, 5) is 53.0. The Bertz CT molecular complexity index is 1300. The zero-order valence-corrected chi connectivity index (χ0v) is 23.3. The lowest BCUT2D eigenvalue weighted by molar-refractivity contribution is -0.139. The van der Waals surface area contributed by atoms with Gasteiger partial charge in [-0.3, -0.25) is 24.1 Å². The van der Waals surface area contributed by atoms with Crippen molar-refractivity contribution in [2.24, 2.45) is 0 Å². The maximum atomic E-state index is 13.1. The second kappa shape index (κ2) is 13.1. The first kappa shape index (κ1) is 28.6. The van der Waals surface area contributed by atoms with E-state index >= 15 is 0 Å². The van der Waals surface area contributed by atoms with Crippen molar-refractivity contribution in [3.63, 3.8) is 0 Å². The van der Waals surface area contributed by atoms with Gasteiger partial charge in [0.15, 0.2) is 18.1 Å². The third kappa shape index (κ3) is 7.37. The fraction of sp³-hybridized carbons (Fsp3) is 0.308. The van der Waals surface area contributed by atoms with E-state index in [9.17, 15) is 23.6 Å². The zero-order valence-electron chi connectivity index (χ0n) is 20.9. The maximum Gasteiger partial charge on any atom is 0.294 e. The second-order valence-corrected chi connectivity index (χ2v) is 10.2. The molecule has 2 aliphatic rings. The number of halogens is 2. The van der Waals surface area contributed by atoms with Crippen LogP contribution in [-0.4, -0.2) is 78.8 Å². The highest BCUT2D eigenvalue weighted by molar-refractivity contribution is 9.10. The van der Waals surface area contributed by atoms with Crippen LogP contribution in [0.3, 0.4) is 0 Å². The fourth-order valence-corrected chi connectivity index (χ4v) is 5.19. The van der Waals surface area contributed by atoms with Crippen LogP contribution < -0.4 is 14.8 Å². The van der Waals surface area contributed by atoms with Crippen molar-refractivity contribution in [2.45, 2.75) is 6.92 Å². The lowest BCUT2D eigenvalue weighted by Gasteiger charge is -2.28. The van der Waals surface area contributed by atoms with Crippen molar-refractivity contribution < 1.29 is 37.8 Å². The van der Waals surface area contributed by atoms with Gasteiger partial charge in [-0.05, 0) is 82.7 Å². The molecule has 0 radical (unpaired) electrons. The van der Waals surface area contributed by atoms with Gasteiger partial charge in [0.1, 0.15) is 12.4 Å². The number of nitrogens with zero attached hydrogens (tertiary/aromatic N) is 2. The summed E-state index contributed by atoms with van der Waals surface area (Å²) < 4.78 is 30.2. The number of anilines is 1. The Morgan fingerprint density at radius 2 is 1.87 bits per heavy atom. The highest BCUT2D eigenvalue weighted by Gasteiger charge is 2.37. The predicted molar refractivity (Wildman–Crippen MR) is 146 cm³/mol. The van der Waals surface area contributed by atoms with Gasteiger partial charge in [-0.15, -0.1) is 0 Å². The van der Waals surface area contributed by atoms with Gasteiger partial charge < -0.3 is 24.4 Å². The predicted octanol–water partition coefficient (Wildman–Crippen LogP) is 3.90. The number of hydrogen-bond donors (Lipinski definition) is 1. The van der Waals surface area contributed by atoms with Crippen LogP contribution in [0.1, 0.15) is 12.5 Å². The van der Waals surface area contributed by atoms with Crippen molar-refractivity contribution in [3.8, 4) is 11.5 Å². The third-order valence-corrected chi connectivity index (χ3v) is 7.13. The van der Waals surface area contributed by atoms with Crippen LogP contribution in [0.5, 0.6) is 11.5 Å². The molecule has 206 valence electrons. The zero-order chi connectivity index (χ0) is 27.9. The Morgan fingerprint density at radius 1 is 1.15 bits per heavy atom. The van der Waals surface area contributed by atoms with Crippen molar-refractivity contribution in [1.29, 1.82) is 0 Å². The molecular weight excluding hydrogens is 597 g/mol. The number of thioether (sulfide) groups is 1. The van der Waals surface area contributed by atoms with E-state index in [0.29, 0.717) is 54.4 Å². The van der Waals surface area contributed by atoms with Gasteiger partial charge in [0, 0.05) is 18.8 Å². The van der Waals surface area contributed by atoms with Gasteiger partial charge in [0.05, 0.1) is 29.2 Å². The Balaban J connectivity index is 1.45. The minimum absolute atomic E-state index is 0.163. The number of carbonyl (C=O) groups excluding carboxylic acids is 4. The lowest BCUT2D eigenvalue weighted by Crippen LogP contribution is -2.46. The number of rotatable bonds is 9. The van der Waals surface area contributed by atoms with E-state index in [4.69, 9.17) is 14.2 Å². The Labute approximate surface area is 236 Å². The number of benzene rings is 2. The molecule has 0 aliphatic carbocycles. The topological polar surface area (TPSA) is 114 Å². The molecule has 2 aromatic carbocycles. The minimum Gasteiger partial charge on any atom is -0.490 e. The highest BCUT2D eigenvalue weighted by Crippen LogP contribution is 2.39. The molecule has 2 saturated heterocycles. The molecule has 2 aliphatic heterocycles. The van der Waals surface area contributed by atoms with Crippen molar-refractivity contribution in [1.82, 2.24) is 9.80 Å². The van der Waals surface area contributed by atoms with Crippen molar-refractivity contribution in [2.75, 3.05) is 51.4 Å². The van der Waals surface area contributed by atoms with Crippen LogP contribution in [0.2, 0.25) is 0 Å². The second-order valence-electron chi connectivity index (χ2n) is 8.37. The first-order valence-electron chi connectivity index (χ1n) is 12.0. The monoisotopic (exact) mass is 621 g/mol. The largest absolute Gasteiger partial charge is 0.490 e. The standard InChI is InChI=1S/C26H25BrFN3O7S/c1-2-37-20-12-16(11-19(27)24(20)38-15-22(32)29-18-5-3-17(28)4-6-18)13-21-25(34)31(26(35)39-21)14-23(33)30-7-9-36-10-8-30/h3-6,11-13H,2,7-10,14-15H2,1H3,(H,29,32)/b21-13+. The summed E-state index contributed by atoms with van der Waals surface area (Å²) in [6.07, 6.45) is 1.53. The summed E-state index contributed by atoms with van der Waals surface area (Å²) in [7, 11) is 0. The Morgan fingerprint density at radius 3 is 2.56 bits per heavy atom. The average molecular weight is 622 g/mol. The molecule has 4 rings (SSSR count). The van der Waals surface area contributed by atoms with E-state index in [1.165, 1.54) is 30.3 Å². The van der Waals surface area contributed by atoms with Crippen LogP contribution in [0.15, 0.2) is 45.8 Å². The molecule has 0 spiro atoms. The van der Waals surface area contributed by atoms with Crippen LogP contribution in [-0.2, 0) is 19.1 Å². The number of hydrogen-bond acceptors (Lipinski definition) is 8. The Hall–Kier alpha value is -3.42. The number of morpholine rings is 1. The first-order valence-corrected chi connectivity index (χ1v) is 13.6. The third-order valence-electron chi connectivity index (χ3n) is 5.64. The molecule has 2 heterocycles. The molecule has 0 aromatic heterocycles. The first-order chi connectivity index (χ1) is 18.7.